The van der Waals surface area contributed by atoms with Gasteiger partial charge in [-0.2, -0.15) is 0 Å². The molecule has 0 bridgehead atoms. The number of hydrogen-bond donors (Lipinski definition) is 2. The van der Waals surface area contributed by atoms with Crippen molar-refractivity contribution in [2.45, 2.75) is 0 Å². The van der Waals surface area contributed by atoms with Gasteiger partial charge >= 0.3 is 0 Å². The molecule has 2 aromatic rings. The molecule has 1 heterocycles. The summed E-state index contributed by atoms with van der Waals surface area (Å²) in [6, 6.07) is 8.17. The minimum atomic E-state index is -0.515. The van der Waals surface area contributed by atoms with Crippen LogP contribution >= 0.6 is 15.9 Å². The zero-order valence-electron chi connectivity index (χ0n) is 9.04. The summed E-state index contributed by atoms with van der Waals surface area (Å²) in [6.45, 7) is 0. The SMILES string of the molecule is O=C(Nc1cc(F)ccc1Br)c1cccc(=O)[nH]1. The number of aromatic nitrogens is 1. The van der Waals surface area contributed by atoms with Crippen molar-refractivity contribution in [1.29, 1.82) is 0 Å². The van der Waals surface area contributed by atoms with Crippen LogP contribution in [-0.4, -0.2) is 10.9 Å². The highest BCUT2D eigenvalue weighted by Crippen LogP contribution is 2.23. The first-order chi connectivity index (χ1) is 8.56. The molecular weight excluding hydrogens is 303 g/mol. The summed E-state index contributed by atoms with van der Waals surface area (Å²) in [6.07, 6.45) is 0. The Morgan fingerprint density at radius 2 is 2.06 bits per heavy atom. The van der Waals surface area contributed by atoms with E-state index in [1.807, 2.05) is 0 Å². The van der Waals surface area contributed by atoms with Crippen molar-refractivity contribution < 1.29 is 9.18 Å². The molecule has 92 valence electrons. The average Bonchev–Trinajstić information content (AvgIpc) is 2.34. The number of carbonyl (C=O) groups excluding carboxylic acids is 1. The number of carbonyl (C=O) groups is 1. The third kappa shape index (κ3) is 2.84. The van der Waals surface area contributed by atoms with E-state index in [0.717, 1.165) is 0 Å². The van der Waals surface area contributed by atoms with E-state index >= 15 is 0 Å². The van der Waals surface area contributed by atoms with E-state index < -0.39 is 11.7 Å². The Balaban J connectivity index is 2.26. The van der Waals surface area contributed by atoms with Gasteiger partial charge in [0.15, 0.2) is 0 Å². The summed E-state index contributed by atoms with van der Waals surface area (Å²) in [5.74, 6) is -0.978. The molecule has 18 heavy (non-hydrogen) atoms. The Labute approximate surface area is 110 Å². The largest absolute Gasteiger partial charge is 0.320 e. The second-order valence-corrected chi connectivity index (χ2v) is 4.36. The molecular formula is C12H8BrFN2O2. The number of rotatable bonds is 2. The van der Waals surface area contributed by atoms with E-state index in [1.165, 1.54) is 36.4 Å². The fourth-order valence-electron chi connectivity index (χ4n) is 1.36. The summed E-state index contributed by atoms with van der Waals surface area (Å²) in [7, 11) is 0. The highest BCUT2D eigenvalue weighted by molar-refractivity contribution is 9.10. The predicted octanol–water partition coefficient (Wildman–Crippen LogP) is 2.53. The molecule has 0 aliphatic heterocycles. The van der Waals surface area contributed by atoms with Gasteiger partial charge in [0.1, 0.15) is 11.5 Å². The molecule has 1 aromatic heterocycles. The van der Waals surface area contributed by atoms with E-state index in [0.29, 0.717) is 10.2 Å². The maximum absolute atomic E-state index is 13.0. The van der Waals surface area contributed by atoms with Gasteiger partial charge in [-0.1, -0.05) is 6.07 Å². The highest BCUT2D eigenvalue weighted by Gasteiger charge is 2.09. The van der Waals surface area contributed by atoms with Gasteiger partial charge in [-0.25, -0.2) is 4.39 Å². The number of benzene rings is 1. The zero-order chi connectivity index (χ0) is 13.1. The Hall–Kier alpha value is -1.95. The van der Waals surface area contributed by atoms with Gasteiger partial charge in [-0.3, -0.25) is 9.59 Å². The van der Waals surface area contributed by atoms with Crippen LogP contribution in [0, 0.1) is 5.82 Å². The molecule has 0 spiro atoms. The summed E-state index contributed by atoms with van der Waals surface area (Å²) >= 11 is 3.19. The van der Waals surface area contributed by atoms with Gasteiger partial charge in [0, 0.05) is 10.5 Å². The average molecular weight is 311 g/mol. The van der Waals surface area contributed by atoms with Crippen LogP contribution in [0.5, 0.6) is 0 Å². The van der Waals surface area contributed by atoms with Crippen LogP contribution in [0.3, 0.4) is 0 Å². The second kappa shape index (κ2) is 5.14. The Morgan fingerprint density at radius 3 is 2.78 bits per heavy atom. The first-order valence-corrected chi connectivity index (χ1v) is 5.81. The predicted molar refractivity (Wildman–Crippen MR) is 69.1 cm³/mol. The maximum atomic E-state index is 13.0. The first kappa shape index (κ1) is 12.5. The molecule has 0 saturated heterocycles. The lowest BCUT2D eigenvalue weighted by molar-refractivity contribution is 0.102. The van der Waals surface area contributed by atoms with E-state index in [2.05, 4.69) is 26.2 Å². The summed E-state index contributed by atoms with van der Waals surface area (Å²) in [4.78, 5) is 25.3. The Kier molecular flexibility index (Phi) is 3.57. The fourth-order valence-corrected chi connectivity index (χ4v) is 1.71. The van der Waals surface area contributed by atoms with Crippen molar-refractivity contribution in [1.82, 2.24) is 4.98 Å². The smallest absolute Gasteiger partial charge is 0.272 e. The van der Waals surface area contributed by atoms with Crippen LogP contribution in [0.25, 0.3) is 0 Å². The molecule has 0 fully saturated rings. The fraction of sp³-hybridized carbons (Fsp3) is 0. The maximum Gasteiger partial charge on any atom is 0.272 e. The van der Waals surface area contributed by atoms with E-state index in [-0.39, 0.29) is 11.3 Å². The summed E-state index contributed by atoms with van der Waals surface area (Å²) < 4.78 is 13.6. The minimum absolute atomic E-state index is 0.110. The number of halogens is 2. The summed E-state index contributed by atoms with van der Waals surface area (Å²) in [5, 5.41) is 2.50. The van der Waals surface area contributed by atoms with Crippen molar-refractivity contribution in [3.8, 4) is 0 Å². The number of anilines is 1. The molecule has 0 aliphatic rings. The molecule has 2 N–H and O–H groups in total. The topological polar surface area (TPSA) is 62.0 Å². The molecule has 0 radical (unpaired) electrons. The number of amides is 1. The van der Waals surface area contributed by atoms with Crippen LogP contribution in [0.15, 0.2) is 45.7 Å². The zero-order valence-corrected chi connectivity index (χ0v) is 10.6. The minimum Gasteiger partial charge on any atom is -0.320 e. The lowest BCUT2D eigenvalue weighted by atomic mass is 10.3. The number of nitrogens with one attached hydrogen (secondary N) is 2. The van der Waals surface area contributed by atoms with Crippen LogP contribution in [0.1, 0.15) is 10.5 Å². The van der Waals surface area contributed by atoms with Gasteiger partial charge < -0.3 is 10.3 Å². The number of hydrogen-bond acceptors (Lipinski definition) is 2. The quantitative estimate of drug-likeness (QED) is 0.895. The van der Waals surface area contributed by atoms with Gasteiger partial charge in [-0.05, 0) is 40.2 Å². The van der Waals surface area contributed by atoms with Crippen molar-refractivity contribution in [3.63, 3.8) is 0 Å². The Bertz CT molecular complexity index is 655. The van der Waals surface area contributed by atoms with Crippen LogP contribution in [-0.2, 0) is 0 Å². The van der Waals surface area contributed by atoms with Gasteiger partial charge in [-0.15, -0.1) is 0 Å². The third-order valence-corrected chi connectivity index (χ3v) is 2.88. The number of pyridine rings is 1. The second-order valence-electron chi connectivity index (χ2n) is 3.51. The van der Waals surface area contributed by atoms with Gasteiger partial charge in [0.25, 0.3) is 5.91 Å². The molecule has 1 aromatic carbocycles. The monoisotopic (exact) mass is 310 g/mol. The molecule has 4 nitrogen and oxygen atoms in total. The standard InChI is InChI=1S/C12H8BrFN2O2/c13-8-5-4-7(14)6-10(8)16-12(18)9-2-1-3-11(17)15-9/h1-6H,(H,15,17)(H,16,18). The molecule has 2 rings (SSSR count). The highest BCUT2D eigenvalue weighted by atomic mass is 79.9. The van der Waals surface area contributed by atoms with Crippen molar-refractivity contribution >= 4 is 27.5 Å². The van der Waals surface area contributed by atoms with Crippen LogP contribution in [0.2, 0.25) is 0 Å². The lowest BCUT2D eigenvalue weighted by Crippen LogP contribution is -2.18. The normalized spacial score (nSPS) is 10.1. The van der Waals surface area contributed by atoms with Crippen LogP contribution in [0.4, 0.5) is 10.1 Å². The number of H-pyrrole nitrogens is 1. The molecule has 1 amide bonds. The van der Waals surface area contributed by atoms with Crippen LogP contribution < -0.4 is 10.9 Å². The molecule has 0 aliphatic carbocycles. The number of aromatic amines is 1. The van der Waals surface area contributed by atoms with Gasteiger partial charge in [0.05, 0.1) is 5.69 Å². The first-order valence-electron chi connectivity index (χ1n) is 5.02. The molecule has 0 atom stereocenters. The summed E-state index contributed by atoms with van der Waals surface area (Å²) in [5.41, 5.74) is 0.0318. The van der Waals surface area contributed by atoms with E-state index in [1.54, 1.807) is 0 Å². The lowest BCUT2D eigenvalue weighted by Gasteiger charge is -2.07. The van der Waals surface area contributed by atoms with Crippen molar-refractivity contribution in [2.24, 2.45) is 0 Å². The Morgan fingerprint density at radius 1 is 1.28 bits per heavy atom. The van der Waals surface area contributed by atoms with Gasteiger partial charge in [0.2, 0.25) is 5.56 Å². The third-order valence-electron chi connectivity index (χ3n) is 2.19. The van der Waals surface area contributed by atoms with Crippen molar-refractivity contribution in [2.75, 3.05) is 5.32 Å². The molecule has 0 saturated carbocycles. The molecule has 6 heteroatoms. The van der Waals surface area contributed by atoms with E-state index in [4.69, 9.17) is 0 Å². The van der Waals surface area contributed by atoms with Crippen molar-refractivity contribution in [3.05, 3.63) is 62.7 Å². The van der Waals surface area contributed by atoms with E-state index in [9.17, 15) is 14.0 Å². The molecule has 0 unspecified atom stereocenters.